The van der Waals surface area contributed by atoms with Crippen LogP contribution in [0.15, 0.2) is 24.3 Å². The van der Waals surface area contributed by atoms with E-state index in [0.29, 0.717) is 11.5 Å². The molecule has 1 aromatic carbocycles. The summed E-state index contributed by atoms with van der Waals surface area (Å²) in [6.45, 7) is 2.07. The topological polar surface area (TPSA) is 73.9 Å². The minimum absolute atomic E-state index is 0.0792. The average Bonchev–Trinajstić information content (AvgIpc) is 2.71. The average molecular weight is 416 g/mol. The van der Waals surface area contributed by atoms with Gasteiger partial charge in [-0.05, 0) is 80.8 Å². The molecule has 0 saturated heterocycles. The number of carbonyl (C=O) groups is 2. The fourth-order valence-corrected chi connectivity index (χ4v) is 6.34. The van der Waals surface area contributed by atoms with Gasteiger partial charge in [0.25, 0.3) is 5.91 Å². The molecule has 6 heteroatoms. The lowest BCUT2D eigenvalue weighted by atomic mass is 9.48. The highest BCUT2D eigenvalue weighted by Crippen LogP contribution is 2.61. The highest BCUT2D eigenvalue weighted by atomic mass is 16.5. The van der Waals surface area contributed by atoms with Crippen LogP contribution in [0.2, 0.25) is 0 Å². The van der Waals surface area contributed by atoms with Crippen LogP contribution in [-0.2, 0) is 14.3 Å². The third-order valence-electron chi connectivity index (χ3n) is 7.38. The summed E-state index contributed by atoms with van der Waals surface area (Å²) in [7, 11) is 1.57. The van der Waals surface area contributed by atoms with Crippen molar-refractivity contribution >= 4 is 11.9 Å². The van der Waals surface area contributed by atoms with Crippen LogP contribution in [-0.4, -0.2) is 38.2 Å². The molecule has 0 heterocycles. The number of hydrogen-bond donors (Lipinski definition) is 1. The third kappa shape index (κ3) is 4.57. The van der Waals surface area contributed by atoms with Crippen molar-refractivity contribution in [1.29, 1.82) is 0 Å². The summed E-state index contributed by atoms with van der Waals surface area (Å²) < 4.78 is 15.9. The molecule has 0 aromatic heterocycles. The second kappa shape index (κ2) is 8.86. The van der Waals surface area contributed by atoms with E-state index in [1.807, 2.05) is 12.1 Å². The molecule has 0 unspecified atom stereocenters. The molecular weight excluding hydrogens is 382 g/mol. The largest absolute Gasteiger partial charge is 0.493 e. The number of esters is 1. The summed E-state index contributed by atoms with van der Waals surface area (Å²) in [5.41, 5.74) is 0.247. The molecule has 5 rings (SSSR count). The van der Waals surface area contributed by atoms with Gasteiger partial charge in [-0.1, -0.05) is 12.1 Å². The quantitative estimate of drug-likeness (QED) is 0.622. The monoisotopic (exact) mass is 415 g/mol. The Balaban J connectivity index is 1.18. The summed E-state index contributed by atoms with van der Waals surface area (Å²) in [6.07, 6.45) is 7.94. The van der Waals surface area contributed by atoms with Crippen molar-refractivity contribution in [2.24, 2.45) is 23.2 Å². The first-order chi connectivity index (χ1) is 14.5. The molecule has 4 bridgehead atoms. The molecule has 1 atom stereocenters. The maximum absolute atomic E-state index is 12.4. The Hall–Kier alpha value is -2.24. The molecule has 164 valence electrons. The van der Waals surface area contributed by atoms with E-state index in [1.165, 1.54) is 38.5 Å². The minimum Gasteiger partial charge on any atom is -0.493 e. The second-order valence-corrected chi connectivity index (χ2v) is 9.48. The zero-order chi connectivity index (χ0) is 21.1. The number of rotatable bonds is 9. The molecule has 30 heavy (non-hydrogen) atoms. The van der Waals surface area contributed by atoms with Crippen LogP contribution >= 0.6 is 0 Å². The summed E-state index contributed by atoms with van der Waals surface area (Å²) >= 11 is 0. The first-order valence-corrected chi connectivity index (χ1v) is 11.2. The van der Waals surface area contributed by atoms with Crippen LogP contribution in [0.1, 0.15) is 51.9 Å². The van der Waals surface area contributed by atoms with Gasteiger partial charge in [-0.25, -0.2) is 0 Å². The molecule has 1 aromatic rings. The van der Waals surface area contributed by atoms with Crippen molar-refractivity contribution in [1.82, 2.24) is 5.32 Å². The Labute approximate surface area is 178 Å². The predicted molar refractivity (Wildman–Crippen MR) is 112 cm³/mol. The number of amides is 1. The molecule has 0 spiro atoms. The normalized spacial score (nSPS) is 29.9. The van der Waals surface area contributed by atoms with E-state index in [9.17, 15) is 9.59 Å². The highest BCUT2D eigenvalue weighted by molar-refractivity contribution is 5.80. The van der Waals surface area contributed by atoms with Gasteiger partial charge >= 0.3 is 5.97 Å². The highest BCUT2D eigenvalue weighted by Gasteiger charge is 2.53. The van der Waals surface area contributed by atoms with E-state index in [-0.39, 0.29) is 37.0 Å². The van der Waals surface area contributed by atoms with E-state index in [4.69, 9.17) is 14.2 Å². The molecule has 6 nitrogen and oxygen atoms in total. The summed E-state index contributed by atoms with van der Waals surface area (Å²) in [4.78, 5) is 24.4. The van der Waals surface area contributed by atoms with Gasteiger partial charge in [-0.3, -0.25) is 9.59 Å². The Bertz CT molecular complexity index is 741. The van der Waals surface area contributed by atoms with E-state index >= 15 is 0 Å². The van der Waals surface area contributed by atoms with Crippen LogP contribution in [0.3, 0.4) is 0 Å². The first-order valence-electron chi connectivity index (χ1n) is 11.2. The number of benzene rings is 1. The van der Waals surface area contributed by atoms with Crippen LogP contribution in [0, 0.1) is 23.2 Å². The van der Waals surface area contributed by atoms with E-state index in [0.717, 1.165) is 17.8 Å². The number of carbonyl (C=O) groups excluding carboxylic acids is 2. The minimum atomic E-state index is -0.442. The zero-order valence-electron chi connectivity index (χ0n) is 18.0. The smallest absolute Gasteiger partial charge is 0.309 e. The van der Waals surface area contributed by atoms with Gasteiger partial charge in [0, 0.05) is 6.04 Å². The number of nitrogens with one attached hydrogen (secondary N) is 1. The van der Waals surface area contributed by atoms with Crippen molar-refractivity contribution in [2.45, 2.75) is 57.9 Å². The summed E-state index contributed by atoms with van der Waals surface area (Å²) in [5, 5.41) is 3.13. The summed E-state index contributed by atoms with van der Waals surface area (Å²) in [6, 6.07) is 7.40. The number of hydrogen-bond acceptors (Lipinski definition) is 5. The van der Waals surface area contributed by atoms with Gasteiger partial charge in [0.05, 0.1) is 20.1 Å². The fourth-order valence-electron chi connectivity index (χ4n) is 6.34. The van der Waals surface area contributed by atoms with Crippen molar-refractivity contribution < 1.29 is 23.8 Å². The Morgan fingerprint density at radius 1 is 1.07 bits per heavy atom. The van der Waals surface area contributed by atoms with Gasteiger partial charge in [0.1, 0.15) is 0 Å². The van der Waals surface area contributed by atoms with Crippen molar-refractivity contribution in [3.8, 4) is 11.5 Å². The van der Waals surface area contributed by atoms with Gasteiger partial charge < -0.3 is 19.5 Å². The SMILES string of the molecule is COc1ccccc1OCCC(=O)OCC(=O)N[C@H](C)C12CC3CC(CC(C3)C1)C2. The number of ether oxygens (including phenoxy) is 3. The van der Waals surface area contributed by atoms with E-state index < -0.39 is 5.97 Å². The van der Waals surface area contributed by atoms with Crippen molar-refractivity contribution in [3.63, 3.8) is 0 Å². The lowest BCUT2D eigenvalue weighted by molar-refractivity contribution is -0.150. The first kappa shape index (κ1) is 21.0. The molecule has 4 aliphatic carbocycles. The zero-order valence-corrected chi connectivity index (χ0v) is 18.0. The molecule has 4 fully saturated rings. The predicted octanol–water partition coefficient (Wildman–Crippen LogP) is 3.73. The van der Waals surface area contributed by atoms with E-state index in [2.05, 4.69) is 12.2 Å². The maximum Gasteiger partial charge on any atom is 0.309 e. The molecule has 1 amide bonds. The van der Waals surface area contributed by atoms with Gasteiger partial charge in [-0.15, -0.1) is 0 Å². The molecule has 4 aliphatic rings. The molecule has 1 N–H and O–H groups in total. The molecule has 4 saturated carbocycles. The fraction of sp³-hybridized carbons (Fsp3) is 0.667. The number of methoxy groups -OCH3 is 1. The number of para-hydroxylation sites is 2. The molecule has 0 aliphatic heterocycles. The van der Waals surface area contributed by atoms with Gasteiger partial charge in [-0.2, -0.15) is 0 Å². The Kier molecular flexibility index (Phi) is 6.21. The standard InChI is InChI=1S/C24H33NO5/c1-16(24-12-17-9-18(13-24)11-19(10-17)14-24)25-22(26)15-30-23(27)7-8-29-21-6-4-3-5-20(21)28-2/h3-6,16-19H,7-15H2,1-2H3,(H,25,26)/t16-,17?,18?,19?,24?/m1/s1. The van der Waals surface area contributed by atoms with Crippen LogP contribution < -0.4 is 14.8 Å². The van der Waals surface area contributed by atoms with Crippen LogP contribution in [0.25, 0.3) is 0 Å². The molecular formula is C24H33NO5. The Morgan fingerprint density at radius 3 is 2.27 bits per heavy atom. The Morgan fingerprint density at radius 2 is 1.67 bits per heavy atom. The van der Waals surface area contributed by atoms with E-state index in [1.54, 1.807) is 19.2 Å². The third-order valence-corrected chi connectivity index (χ3v) is 7.38. The van der Waals surface area contributed by atoms with Crippen molar-refractivity contribution in [3.05, 3.63) is 24.3 Å². The maximum atomic E-state index is 12.4. The van der Waals surface area contributed by atoms with Crippen LogP contribution in [0.5, 0.6) is 11.5 Å². The second-order valence-electron chi connectivity index (χ2n) is 9.48. The van der Waals surface area contributed by atoms with Crippen LogP contribution in [0.4, 0.5) is 0 Å². The lowest BCUT2D eigenvalue weighted by Crippen LogP contribution is -2.56. The van der Waals surface area contributed by atoms with Crippen molar-refractivity contribution in [2.75, 3.05) is 20.3 Å². The summed E-state index contributed by atoms with van der Waals surface area (Å²) in [5.74, 6) is 3.07. The molecule has 0 radical (unpaired) electrons. The lowest BCUT2D eigenvalue weighted by Gasteiger charge is -2.59. The van der Waals surface area contributed by atoms with Gasteiger partial charge in [0.2, 0.25) is 0 Å². The van der Waals surface area contributed by atoms with Gasteiger partial charge in [0.15, 0.2) is 18.1 Å².